The molecule has 0 aliphatic heterocycles. The molecule has 0 rings (SSSR count). The molecule has 6 nitrogen and oxygen atoms in total. The predicted octanol–water partition coefficient (Wildman–Crippen LogP) is -0.0751. The maximum absolute atomic E-state index is 10.4. The molecule has 1 atom stereocenters. The SMILES string of the molecule is COCOC(CCC(=O)O)C(=O)O. The zero-order chi connectivity index (χ0) is 10.3. The van der Waals surface area contributed by atoms with E-state index in [1.54, 1.807) is 0 Å². The Morgan fingerprint density at radius 3 is 2.38 bits per heavy atom. The molecule has 0 radical (unpaired) electrons. The summed E-state index contributed by atoms with van der Waals surface area (Å²) in [5, 5.41) is 16.8. The van der Waals surface area contributed by atoms with E-state index in [0.717, 1.165) is 0 Å². The van der Waals surface area contributed by atoms with Gasteiger partial charge in [-0.2, -0.15) is 0 Å². The van der Waals surface area contributed by atoms with Crippen molar-refractivity contribution in [2.45, 2.75) is 18.9 Å². The van der Waals surface area contributed by atoms with E-state index in [1.165, 1.54) is 7.11 Å². The van der Waals surface area contributed by atoms with Crippen LogP contribution in [0.1, 0.15) is 12.8 Å². The first kappa shape index (κ1) is 11.9. The van der Waals surface area contributed by atoms with E-state index in [0.29, 0.717) is 0 Å². The number of methoxy groups -OCH3 is 1. The number of rotatable bonds is 7. The molecule has 76 valence electrons. The highest BCUT2D eigenvalue weighted by molar-refractivity contribution is 5.74. The second kappa shape index (κ2) is 6.38. The zero-order valence-corrected chi connectivity index (χ0v) is 7.23. The van der Waals surface area contributed by atoms with Crippen molar-refractivity contribution in [3.05, 3.63) is 0 Å². The number of ether oxygens (including phenoxy) is 2. The molecule has 0 heterocycles. The van der Waals surface area contributed by atoms with Gasteiger partial charge in [0.2, 0.25) is 0 Å². The third-order valence-corrected chi connectivity index (χ3v) is 1.28. The third kappa shape index (κ3) is 6.06. The van der Waals surface area contributed by atoms with Gasteiger partial charge < -0.3 is 19.7 Å². The number of hydrogen-bond acceptors (Lipinski definition) is 4. The van der Waals surface area contributed by atoms with Gasteiger partial charge >= 0.3 is 11.9 Å². The van der Waals surface area contributed by atoms with Crippen LogP contribution in [0, 0.1) is 0 Å². The van der Waals surface area contributed by atoms with Crippen molar-refractivity contribution in [1.29, 1.82) is 0 Å². The van der Waals surface area contributed by atoms with Gasteiger partial charge in [0.15, 0.2) is 6.10 Å². The first-order chi connectivity index (χ1) is 6.07. The molecule has 6 heteroatoms. The van der Waals surface area contributed by atoms with E-state index in [2.05, 4.69) is 4.74 Å². The van der Waals surface area contributed by atoms with Gasteiger partial charge in [0, 0.05) is 13.5 Å². The van der Waals surface area contributed by atoms with Gasteiger partial charge in [0.05, 0.1) is 0 Å². The molecule has 13 heavy (non-hydrogen) atoms. The van der Waals surface area contributed by atoms with Crippen molar-refractivity contribution in [1.82, 2.24) is 0 Å². The number of aliphatic carboxylic acids is 2. The molecule has 0 aliphatic rings. The fraction of sp³-hybridized carbons (Fsp3) is 0.714. The molecule has 1 unspecified atom stereocenters. The van der Waals surface area contributed by atoms with Gasteiger partial charge in [0.1, 0.15) is 6.79 Å². The third-order valence-electron chi connectivity index (χ3n) is 1.28. The molecule has 0 saturated heterocycles. The van der Waals surface area contributed by atoms with Crippen molar-refractivity contribution in [2.24, 2.45) is 0 Å². The van der Waals surface area contributed by atoms with Crippen molar-refractivity contribution >= 4 is 11.9 Å². The quantitative estimate of drug-likeness (QED) is 0.548. The van der Waals surface area contributed by atoms with Crippen LogP contribution in [0.5, 0.6) is 0 Å². The minimum Gasteiger partial charge on any atom is -0.481 e. The number of hydrogen-bond donors (Lipinski definition) is 2. The number of carboxylic acids is 2. The van der Waals surface area contributed by atoms with E-state index >= 15 is 0 Å². The van der Waals surface area contributed by atoms with Gasteiger partial charge in [-0.25, -0.2) is 4.79 Å². The fourth-order valence-electron chi connectivity index (χ4n) is 0.683. The highest BCUT2D eigenvalue weighted by Gasteiger charge is 2.18. The molecule has 0 amide bonds. The predicted molar refractivity (Wildman–Crippen MR) is 41.3 cm³/mol. The van der Waals surface area contributed by atoms with Crippen LogP contribution >= 0.6 is 0 Å². The average Bonchev–Trinajstić information content (AvgIpc) is 2.03. The summed E-state index contributed by atoms with van der Waals surface area (Å²) in [4.78, 5) is 20.6. The summed E-state index contributed by atoms with van der Waals surface area (Å²) in [6.45, 7) is -0.156. The highest BCUT2D eigenvalue weighted by Crippen LogP contribution is 2.02. The van der Waals surface area contributed by atoms with E-state index < -0.39 is 18.0 Å². The van der Waals surface area contributed by atoms with Crippen LogP contribution in [0.2, 0.25) is 0 Å². The van der Waals surface area contributed by atoms with Gasteiger partial charge in [-0.15, -0.1) is 0 Å². The molecule has 2 N–H and O–H groups in total. The molecule has 0 aromatic heterocycles. The summed E-state index contributed by atoms with van der Waals surface area (Å²) in [5.41, 5.74) is 0. The summed E-state index contributed by atoms with van der Waals surface area (Å²) in [6.07, 6.45) is -1.41. The highest BCUT2D eigenvalue weighted by atomic mass is 16.7. The maximum atomic E-state index is 10.4. The number of carboxylic acid groups (broad SMARTS) is 2. The molecule has 0 bridgehead atoms. The zero-order valence-electron chi connectivity index (χ0n) is 7.23. The Balaban J connectivity index is 3.80. The standard InChI is InChI=1S/C7H12O6/c1-12-4-13-5(7(10)11)2-3-6(8)9/h5H,2-4H2,1H3,(H,8,9)(H,10,11). The topological polar surface area (TPSA) is 93.1 Å². The monoisotopic (exact) mass is 192 g/mol. The lowest BCUT2D eigenvalue weighted by Gasteiger charge is -2.10. The second-order valence-electron chi connectivity index (χ2n) is 2.33. The smallest absolute Gasteiger partial charge is 0.332 e. The van der Waals surface area contributed by atoms with Crippen molar-refractivity contribution in [3.63, 3.8) is 0 Å². The molecule has 0 spiro atoms. The molecular weight excluding hydrogens is 180 g/mol. The van der Waals surface area contributed by atoms with E-state index in [-0.39, 0.29) is 19.6 Å². The van der Waals surface area contributed by atoms with Crippen LogP contribution in [-0.4, -0.2) is 42.2 Å². The van der Waals surface area contributed by atoms with Crippen LogP contribution in [0.3, 0.4) is 0 Å². The summed E-state index contributed by atoms with van der Waals surface area (Å²) in [5.74, 6) is -2.23. The minimum atomic E-state index is -1.18. The first-order valence-electron chi connectivity index (χ1n) is 3.63. The summed E-state index contributed by atoms with van der Waals surface area (Å²) in [7, 11) is 1.36. The Kier molecular flexibility index (Phi) is 5.82. The average molecular weight is 192 g/mol. The lowest BCUT2D eigenvalue weighted by atomic mass is 10.2. The Bertz CT molecular complexity index is 178. The van der Waals surface area contributed by atoms with Gasteiger partial charge in [0.25, 0.3) is 0 Å². The van der Waals surface area contributed by atoms with Crippen LogP contribution in [0.15, 0.2) is 0 Å². The Hall–Kier alpha value is -1.14. The van der Waals surface area contributed by atoms with Crippen molar-refractivity contribution in [2.75, 3.05) is 13.9 Å². The van der Waals surface area contributed by atoms with Gasteiger partial charge in [-0.05, 0) is 6.42 Å². The van der Waals surface area contributed by atoms with E-state index in [4.69, 9.17) is 14.9 Å². The normalized spacial score (nSPS) is 12.4. The van der Waals surface area contributed by atoms with E-state index in [1.807, 2.05) is 0 Å². The van der Waals surface area contributed by atoms with Crippen molar-refractivity contribution < 1.29 is 29.3 Å². The van der Waals surface area contributed by atoms with Gasteiger partial charge in [-0.1, -0.05) is 0 Å². The second-order valence-corrected chi connectivity index (χ2v) is 2.33. The minimum absolute atomic E-state index is 0.0615. The molecule has 0 aromatic carbocycles. The summed E-state index contributed by atoms with van der Waals surface area (Å²) < 4.78 is 9.21. The summed E-state index contributed by atoms with van der Waals surface area (Å²) >= 11 is 0. The maximum Gasteiger partial charge on any atom is 0.332 e. The van der Waals surface area contributed by atoms with Crippen LogP contribution in [0.4, 0.5) is 0 Å². The van der Waals surface area contributed by atoms with Crippen LogP contribution < -0.4 is 0 Å². The molecule has 0 saturated carbocycles. The lowest BCUT2D eigenvalue weighted by Crippen LogP contribution is -2.25. The van der Waals surface area contributed by atoms with Crippen LogP contribution in [0.25, 0.3) is 0 Å². The Morgan fingerprint density at radius 2 is 2.00 bits per heavy atom. The largest absolute Gasteiger partial charge is 0.481 e. The van der Waals surface area contributed by atoms with Crippen molar-refractivity contribution in [3.8, 4) is 0 Å². The molecular formula is C7H12O6. The summed E-state index contributed by atoms with van der Waals surface area (Å²) in [6, 6.07) is 0. The number of carbonyl (C=O) groups is 2. The fourth-order valence-corrected chi connectivity index (χ4v) is 0.683. The van der Waals surface area contributed by atoms with Gasteiger partial charge in [-0.3, -0.25) is 4.79 Å². The van der Waals surface area contributed by atoms with E-state index in [9.17, 15) is 9.59 Å². The molecule has 0 aromatic rings. The van der Waals surface area contributed by atoms with Crippen LogP contribution in [-0.2, 0) is 19.1 Å². The lowest BCUT2D eigenvalue weighted by molar-refractivity contribution is -0.160. The Morgan fingerprint density at radius 1 is 1.38 bits per heavy atom. The first-order valence-corrected chi connectivity index (χ1v) is 3.63. The Labute approximate surface area is 75.1 Å². The molecule has 0 fully saturated rings. The molecule has 0 aliphatic carbocycles.